The third-order valence-electron chi connectivity index (χ3n) is 9.68. The molecule has 3 aliphatic carbocycles. The van der Waals surface area contributed by atoms with Crippen LogP contribution in [0, 0.1) is 29.1 Å². The van der Waals surface area contributed by atoms with Crippen molar-refractivity contribution in [2.75, 3.05) is 20.2 Å². The Kier molecular flexibility index (Phi) is 10.7. The van der Waals surface area contributed by atoms with Crippen LogP contribution in [0.15, 0.2) is 35.5 Å². The lowest BCUT2D eigenvalue weighted by Crippen LogP contribution is -2.36. The molecule has 3 aliphatic rings. The summed E-state index contributed by atoms with van der Waals surface area (Å²) >= 11 is 0. The molecule has 0 heterocycles. The second kappa shape index (κ2) is 12.9. The van der Waals surface area contributed by atoms with Gasteiger partial charge in [0.2, 0.25) is 0 Å². The van der Waals surface area contributed by atoms with E-state index in [0.717, 1.165) is 42.9 Å². The van der Waals surface area contributed by atoms with Crippen molar-refractivity contribution >= 4 is 7.82 Å². The van der Waals surface area contributed by atoms with Crippen LogP contribution in [0.2, 0.25) is 0 Å². The molecule has 0 aromatic heterocycles. The van der Waals surface area contributed by atoms with Crippen LogP contribution in [0.4, 0.5) is 0 Å². The summed E-state index contributed by atoms with van der Waals surface area (Å²) in [6.45, 7) is 14.7. The van der Waals surface area contributed by atoms with E-state index in [2.05, 4.69) is 55.8 Å². The van der Waals surface area contributed by atoms with Gasteiger partial charge in [0.25, 0.3) is 0 Å². The molecule has 0 amide bonds. The van der Waals surface area contributed by atoms with Crippen molar-refractivity contribution in [1.82, 2.24) is 4.90 Å². The molecule has 0 unspecified atom stereocenters. The second-order valence-electron chi connectivity index (χ2n) is 12.6. The zero-order chi connectivity index (χ0) is 26.5. The van der Waals surface area contributed by atoms with Gasteiger partial charge in [0.05, 0.1) is 6.61 Å². The highest BCUT2D eigenvalue weighted by Gasteiger charge is 2.50. The molecule has 6 heteroatoms. The van der Waals surface area contributed by atoms with Crippen LogP contribution in [-0.4, -0.2) is 40.9 Å². The molecular weight excluding hydrogens is 469 g/mol. The summed E-state index contributed by atoms with van der Waals surface area (Å²) in [5.74, 6) is 3.20. The minimum atomic E-state index is -4.41. The minimum absolute atomic E-state index is 0.0403. The van der Waals surface area contributed by atoms with Crippen LogP contribution >= 0.6 is 7.82 Å². The number of phosphoric ester groups is 1. The van der Waals surface area contributed by atoms with Crippen molar-refractivity contribution in [3.05, 3.63) is 35.5 Å². The third-order valence-corrected chi connectivity index (χ3v) is 10.2. The van der Waals surface area contributed by atoms with E-state index in [1.54, 1.807) is 5.57 Å². The molecule has 2 N–H and O–H groups in total. The van der Waals surface area contributed by atoms with Crippen LogP contribution < -0.4 is 0 Å². The molecule has 36 heavy (non-hydrogen) atoms. The Bertz CT molecular complexity index is 859. The molecule has 0 bridgehead atoms. The molecule has 0 radical (unpaired) electrons. The molecule has 0 aliphatic heterocycles. The number of phosphoric acid groups is 1. The number of fused-ring (bicyclic) bond motifs is 1. The lowest BCUT2D eigenvalue weighted by molar-refractivity contribution is 0.0929. The molecule has 5 atom stereocenters. The number of likely N-dealkylation sites (N-methyl/N-ethyl adjacent to an activating group) is 1. The highest BCUT2D eigenvalue weighted by atomic mass is 31.2. The number of nitrogens with zero attached hydrogens (tertiary/aromatic N) is 1. The Morgan fingerprint density at radius 1 is 1.17 bits per heavy atom. The quantitative estimate of drug-likeness (QED) is 0.273. The molecule has 206 valence electrons. The van der Waals surface area contributed by atoms with Crippen LogP contribution in [0.5, 0.6) is 0 Å². The molecule has 0 saturated heterocycles. The smallest absolute Gasteiger partial charge is 0.303 e. The summed E-state index contributed by atoms with van der Waals surface area (Å²) in [6.07, 6.45) is 18.5. The molecule has 3 saturated carbocycles. The lowest BCUT2D eigenvalue weighted by Gasteiger charge is -2.44. The molecule has 3 fully saturated rings. The normalized spacial score (nSPS) is 32.6. The summed E-state index contributed by atoms with van der Waals surface area (Å²) in [5.41, 5.74) is 4.69. The minimum Gasteiger partial charge on any atom is -0.303 e. The summed E-state index contributed by atoms with van der Waals surface area (Å²) in [4.78, 5) is 20.1. The molecular formula is C30H52NO4P. The van der Waals surface area contributed by atoms with E-state index in [1.807, 2.05) is 7.05 Å². The number of hydrogen-bond acceptors (Lipinski definition) is 3. The highest BCUT2D eigenvalue weighted by Crippen LogP contribution is 2.60. The SMILES string of the molecule is C=C1CC[C@H](N(C)CCOP(=O)(O)O)C/C1=C/C=C1\CCC[C@]2(C)[C@@H]([C@H](C)CCCC(C)C)CC[C@@H]12. The van der Waals surface area contributed by atoms with Crippen LogP contribution in [0.3, 0.4) is 0 Å². The van der Waals surface area contributed by atoms with Gasteiger partial charge in [0.15, 0.2) is 0 Å². The van der Waals surface area contributed by atoms with Crippen molar-refractivity contribution in [3.8, 4) is 0 Å². The third kappa shape index (κ3) is 7.90. The van der Waals surface area contributed by atoms with Gasteiger partial charge < -0.3 is 14.7 Å². The summed E-state index contributed by atoms with van der Waals surface area (Å²) in [6, 6.07) is 0.347. The number of rotatable bonds is 11. The van der Waals surface area contributed by atoms with Gasteiger partial charge in [-0.3, -0.25) is 4.52 Å². The van der Waals surface area contributed by atoms with Crippen molar-refractivity contribution < 1.29 is 18.9 Å². The van der Waals surface area contributed by atoms with E-state index < -0.39 is 7.82 Å². The van der Waals surface area contributed by atoms with Gasteiger partial charge in [-0.15, -0.1) is 0 Å². The standard InChI is InChI=1S/C30H52NO4P/c1-22(2)9-7-10-24(4)28-16-17-29-25(11-8-18-30(28,29)5)13-14-26-21-27(15-12-23(26)3)31(6)19-20-35-36(32,33)34/h13-14,22,24,27-29H,3,7-12,15-21H2,1-2,4-6H3,(H2,32,33,34)/b25-13+,26-14-/t24-,27+,28-,29+,30-/m1/s1. The molecule has 0 aromatic rings. The average Bonchev–Trinajstić information content (AvgIpc) is 3.15. The van der Waals surface area contributed by atoms with E-state index in [1.165, 1.54) is 62.5 Å². The zero-order valence-corrected chi connectivity index (χ0v) is 24.4. The van der Waals surface area contributed by atoms with E-state index in [-0.39, 0.29) is 6.61 Å². The summed E-state index contributed by atoms with van der Waals surface area (Å²) in [5, 5.41) is 0. The Balaban J connectivity index is 1.64. The lowest BCUT2D eigenvalue weighted by atomic mass is 9.60. The first-order valence-corrected chi connectivity index (χ1v) is 15.9. The molecule has 3 rings (SSSR count). The zero-order valence-electron chi connectivity index (χ0n) is 23.5. The van der Waals surface area contributed by atoms with Crippen LogP contribution in [0.25, 0.3) is 0 Å². The van der Waals surface area contributed by atoms with Gasteiger partial charge in [-0.1, -0.05) is 76.8 Å². The first kappa shape index (κ1) is 29.8. The van der Waals surface area contributed by atoms with E-state index in [9.17, 15) is 4.57 Å². The predicted octanol–water partition coefficient (Wildman–Crippen LogP) is 7.67. The maximum Gasteiger partial charge on any atom is 0.469 e. The Morgan fingerprint density at radius 2 is 1.92 bits per heavy atom. The fourth-order valence-electron chi connectivity index (χ4n) is 7.52. The first-order valence-electron chi connectivity index (χ1n) is 14.4. The largest absolute Gasteiger partial charge is 0.469 e. The van der Waals surface area contributed by atoms with Crippen molar-refractivity contribution in [3.63, 3.8) is 0 Å². The number of allylic oxidation sites excluding steroid dienone is 4. The Morgan fingerprint density at radius 3 is 2.61 bits per heavy atom. The number of hydrogen-bond donors (Lipinski definition) is 2. The van der Waals surface area contributed by atoms with E-state index >= 15 is 0 Å². The molecule has 5 nitrogen and oxygen atoms in total. The van der Waals surface area contributed by atoms with Gasteiger partial charge in [-0.2, -0.15) is 0 Å². The van der Waals surface area contributed by atoms with Crippen LogP contribution in [-0.2, 0) is 9.09 Å². The van der Waals surface area contributed by atoms with Gasteiger partial charge >= 0.3 is 7.82 Å². The Labute approximate surface area is 220 Å². The topological polar surface area (TPSA) is 70.0 Å². The maximum absolute atomic E-state index is 11.0. The van der Waals surface area contributed by atoms with E-state index in [4.69, 9.17) is 9.79 Å². The maximum atomic E-state index is 11.0. The van der Waals surface area contributed by atoms with Gasteiger partial charge in [0.1, 0.15) is 0 Å². The average molecular weight is 522 g/mol. The highest BCUT2D eigenvalue weighted by molar-refractivity contribution is 7.46. The predicted molar refractivity (Wildman–Crippen MR) is 150 cm³/mol. The molecule has 0 aromatic carbocycles. The first-order chi connectivity index (χ1) is 16.9. The fourth-order valence-corrected chi connectivity index (χ4v) is 7.84. The van der Waals surface area contributed by atoms with Crippen molar-refractivity contribution in [2.24, 2.45) is 29.1 Å². The van der Waals surface area contributed by atoms with Crippen molar-refractivity contribution in [2.45, 2.75) is 104 Å². The summed E-state index contributed by atoms with van der Waals surface area (Å²) < 4.78 is 15.6. The monoisotopic (exact) mass is 521 g/mol. The molecule has 0 spiro atoms. The fraction of sp³-hybridized carbons (Fsp3) is 0.800. The van der Waals surface area contributed by atoms with Gasteiger partial charge in [-0.25, -0.2) is 4.57 Å². The van der Waals surface area contributed by atoms with Crippen molar-refractivity contribution in [1.29, 1.82) is 0 Å². The summed E-state index contributed by atoms with van der Waals surface area (Å²) in [7, 11) is -2.39. The van der Waals surface area contributed by atoms with Crippen LogP contribution in [0.1, 0.15) is 98.3 Å². The van der Waals surface area contributed by atoms with Gasteiger partial charge in [0, 0.05) is 12.6 Å². The Hall–Kier alpha value is -0.710. The second-order valence-corrected chi connectivity index (χ2v) is 13.9. The van der Waals surface area contributed by atoms with E-state index in [0.29, 0.717) is 18.0 Å². The van der Waals surface area contributed by atoms with Gasteiger partial charge in [-0.05, 0) is 93.1 Å².